The molecule has 3 atom stereocenters. The molecule has 2 aliphatic rings. The summed E-state index contributed by atoms with van der Waals surface area (Å²) in [6.45, 7) is 1.19. The van der Waals surface area contributed by atoms with Crippen molar-refractivity contribution < 1.29 is 19.1 Å². The van der Waals surface area contributed by atoms with Crippen LogP contribution in [-0.4, -0.2) is 36.8 Å². The Labute approximate surface area is 135 Å². The van der Waals surface area contributed by atoms with Crippen LogP contribution in [0, 0.1) is 0 Å². The molecule has 0 aromatic heterocycles. The van der Waals surface area contributed by atoms with E-state index < -0.39 is 12.3 Å². The summed E-state index contributed by atoms with van der Waals surface area (Å²) < 4.78 is 10.9. The molecule has 6 nitrogen and oxygen atoms in total. The number of ether oxygens (including phenoxy) is 2. The Morgan fingerprint density at radius 2 is 2.13 bits per heavy atom. The third kappa shape index (κ3) is 4.30. The number of carbonyl (C=O) groups excluding carboxylic acids is 2. The zero-order chi connectivity index (χ0) is 16.1. The predicted molar refractivity (Wildman–Crippen MR) is 83.3 cm³/mol. The molecule has 6 heteroatoms. The summed E-state index contributed by atoms with van der Waals surface area (Å²) in [6.07, 6.45) is 2.38. The SMILES string of the molecule is O=C1CC(NC(=O)C2CCCCN2)C(OCc2ccccc2)O1. The van der Waals surface area contributed by atoms with Gasteiger partial charge >= 0.3 is 5.97 Å². The van der Waals surface area contributed by atoms with Crippen molar-refractivity contribution in [1.82, 2.24) is 10.6 Å². The molecule has 1 aromatic rings. The Hall–Kier alpha value is -1.92. The summed E-state index contributed by atoms with van der Waals surface area (Å²) in [5.41, 5.74) is 0.995. The molecule has 3 rings (SSSR count). The topological polar surface area (TPSA) is 76.7 Å². The maximum atomic E-state index is 12.3. The van der Waals surface area contributed by atoms with Crippen LogP contribution in [0.1, 0.15) is 31.2 Å². The fourth-order valence-electron chi connectivity index (χ4n) is 2.92. The number of esters is 1. The van der Waals surface area contributed by atoms with E-state index in [1.54, 1.807) is 0 Å². The van der Waals surface area contributed by atoms with Gasteiger partial charge in [-0.1, -0.05) is 36.8 Å². The van der Waals surface area contributed by atoms with Gasteiger partial charge in [0.2, 0.25) is 12.2 Å². The minimum Gasteiger partial charge on any atom is -0.433 e. The number of hydrogen-bond acceptors (Lipinski definition) is 5. The van der Waals surface area contributed by atoms with Gasteiger partial charge in [0.1, 0.15) is 6.04 Å². The molecule has 2 N–H and O–H groups in total. The van der Waals surface area contributed by atoms with Crippen LogP contribution >= 0.6 is 0 Å². The third-order valence-corrected chi connectivity index (χ3v) is 4.17. The fraction of sp³-hybridized carbons (Fsp3) is 0.529. The number of rotatable bonds is 5. The van der Waals surface area contributed by atoms with Crippen LogP contribution in [0.4, 0.5) is 0 Å². The molecule has 2 aliphatic heterocycles. The highest BCUT2D eigenvalue weighted by atomic mass is 16.7. The van der Waals surface area contributed by atoms with Crippen LogP contribution in [0.15, 0.2) is 30.3 Å². The second kappa shape index (κ2) is 7.57. The average molecular weight is 318 g/mol. The van der Waals surface area contributed by atoms with E-state index in [4.69, 9.17) is 9.47 Å². The second-order valence-corrected chi connectivity index (χ2v) is 5.98. The number of carbonyl (C=O) groups is 2. The van der Waals surface area contributed by atoms with E-state index in [0.717, 1.165) is 31.4 Å². The van der Waals surface area contributed by atoms with Gasteiger partial charge in [-0.2, -0.15) is 0 Å². The first-order valence-corrected chi connectivity index (χ1v) is 8.11. The van der Waals surface area contributed by atoms with Crippen LogP contribution in [0.3, 0.4) is 0 Å². The highest BCUT2D eigenvalue weighted by molar-refractivity contribution is 5.83. The standard InChI is InChI=1S/C17H22N2O4/c20-15-10-14(19-16(21)13-8-4-5-9-18-13)17(23-15)22-11-12-6-2-1-3-7-12/h1-3,6-7,13-14,17-18H,4-5,8-11H2,(H,19,21). The van der Waals surface area contributed by atoms with Gasteiger partial charge in [-0.25, -0.2) is 0 Å². The Kier molecular flexibility index (Phi) is 5.25. The van der Waals surface area contributed by atoms with Crippen molar-refractivity contribution in [3.63, 3.8) is 0 Å². The highest BCUT2D eigenvalue weighted by Gasteiger charge is 2.38. The van der Waals surface area contributed by atoms with Crippen molar-refractivity contribution in [1.29, 1.82) is 0 Å². The molecule has 0 radical (unpaired) electrons. The molecule has 23 heavy (non-hydrogen) atoms. The number of amides is 1. The maximum absolute atomic E-state index is 12.3. The molecule has 1 amide bonds. The lowest BCUT2D eigenvalue weighted by molar-refractivity contribution is -0.168. The summed E-state index contributed by atoms with van der Waals surface area (Å²) in [7, 11) is 0. The van der Waals surface area contributed by atoms with Crippen molar-refractivity contribution >= 4 is 11.9 Å². The minimum atomic E-state index is -0.727. The van der Waals surface area contributed by atoms with E-state index in [2.05, 4.69) is 10.6 Å². The Balaban J connectivity index is 1.54. The Bertz CT molecular complexity index is 543. The number of cyclic esters (lactones) is 1. The summed E-state index contributed by atoms with van der Waals surface area (Å²) in [4.78, 5) is 23.8. The molecule has 0 spiro atoms. The summed E-state index contributed by atoms with van der Waals surface area (Å²) in [5, 5.41) is 6.09. The molecule has 2 heterocycles. The third-order valence-electron chi connectivity index (χ3n) is 4.17. The van der Waals surface area contributed by atoms with Crippen molar-refractivity contribution in [2.24, 2.45) is 0 Å². The number of benzene rings is 1. The second-order valence-electron chi connectivity index (χ2n) is 5.98. The Morgan fingerprint density at radius 1 is 1.30 bits per heavy atom. The predicted octanol–water partition coefficient (Wildman–Crippen LogP) is 1.10. The van der Waals surface area contributed by atoms with Crippen molar-refractivity contribution in [3.8, 4) is 0 Å². The van der Waals surface area contributed by atoms with Gasteiger partial charge < -0.3 is 20.1 Å². The van der Waals surface area contributed by atoms with Gasteiger partial charge in [-0.15, -0.1) is 0 Å². The molecule has 2 fully saturated rings. The average Bonchev–Trinajstić information content (AvgIpc) is 2.94. The minimum absolute atomic E-state index is 0.0821. The highest BCUT2D eigenvalue weighted by Crippen LogP contribution is 2.19. The molecule has 124 valence electrons. The summed E-state index contributed by atoms with van der Waals surface area (Å²) in [5.74, 6) is -0.425. The lowest BCUT2D eigenvalue weighted by atomic mass is 10.0. The van der Waals surface area contributed by atoms with Crippen molar-refractivity contribution in [2.45, 2.75) is 50.7 Å². The molecular formula is C17H22N2O4. The molecule has 0 bridgehead atoms. The quantitative estimate of drug-likeness (QED) is 0.795. The largest absolute Gasteiger partial charge is 0.433 e. The molecule has 2 saturated heterocycles. The summed E-state index contributed by atoms with van der Waals surface area (Å²) in [6, 6.07) is 9.05. The van der Waals surface area contributed by atoms with E-state index in [0.29, 0.717) is 6.61 Å². The lowest BCUT2D eigenvalue weighted by Gasteiger charge is -2.25. The van der Waals surface area contributed by atoms with E-state index >= 15 is 0 Å². The van der Waals surface area contributed by atoms with Crippen LogP contribution in [0.25, 0.3) is 0 Å². The zero-order valence-corrected chi connectivity index (χ0v) is 13.0. The normalized spacial score (nSPS) is 27.5. The fourth-order valence-corrected chi connectivity index (χ4v) is 2.92. The van der Waals surface area contributed by atoms with E-state index in [1.807, 2.05) is 30.3 Å². The van der Waals surface area contributed by atoms with Gasteiger partial charge in [0.15, 0.2) is 0 Å². The van der Waals surface area contributed by atoms with E-state index in [1.165, 1.54) is 0 Å². The molecular weight excluding hydrogens is 296 g/mol. The first-order chi connectivity index (χ1) is 11.2. The van der Waals surface area contributed by atoms with Gasteiger partial charge in [-0.3, -0.25) is 9.59 Å². The van der Waals surface area contributed by atoms with Crippen molar-refractivity contribution in [3.05, 3.63) is 35.9 Å². The number of piperidine rings is 1. The first kappa shape index (κ1) is 16.0. The van der Waals surface area contributed by atoms with Gasteiger partial charge in [0, 0.05) is 0 Å². The molecule has 0 aliphatic carbocycles. The van der Waals surface area contributed by atoms with Crippen molar-refractivity contribution in [2.75, 3.05) is 6.54 Å². The van der Waals surface area contributed by atoms with Gasteiger partial charge in [0.05, 0.1) is 19.1 Å². The number of hydrogen-bond donors (Lipinski definition) is 2. The van der Waals surface area contributed by atoms with Crippen LogP contribution in [-0.2, 0) is 25.7 Å². The smallest absolute Gasteiger partial charge is 0.310 e. The number of nitrogens with one attached hydrogen (secondary N) is 2. The Morgan fingerprint density at radius 3 is 2.87 bits per heavy atom. The molecule has 1 aromatic carbocycles. The monoisotopic (exact) mass is 318 g/mol. The van der Waals surface area contributed by atoms with Crippen LogP contribution in [0.2, 0.25) is 0 Å². The lowest BCUT2D eigenvalue weighted by Crippen LogP contribution is -2.51. The zero-order valence-electron chi connectivity index (χ0n) is 13.0. The van der Waals surface area contributed by atoms with Crippen LogP contribution in [0.5, 0.6) is 0 Å². The van der Waals surface area contributed by atoms with Gasteiger partial charge in [-0.05, 0) is 24.9 Å². The molecule has 3 unspecified atom stereocenters. The van der Waals surface area contributed by atoms with E-state index in [-0.39, 0.29) is 24.3 Å². The maximum Gasteiger partial charge on any atom is 0.310 e. The van der Waals surface area contributed by atoms with Gasteiger partial charge in [0.25, 0.3) is 0 Å². The van der Waals surface area contributed by atoms with E-state index in [9.17, 15) is 9.59 Å². The first-order valence-electron chi connectivity index (χ1n) is 8.11. The van der Waals surface area contributed by atoms with Crippen LogP contribution < -0.4 is 10.6 Å². The molecule has 0 saturated carbocycles. The summed E-state index contributed by atoms with van der Waals surface area (Å²) >= 11 is 0.